The molecular weight excluding hydrogens is 432 g/mol. The van der Waals surface area contributed by atoms with E-state index in [4.69, 9.17) is 0 Å². The third-order valence-electron chi connectivity index (χ3n) is 3.31. The van der Waals surface area contributed by atoms with Crippen molar-refractivity contribution in [3.63, 3.8) is 0 Å². The van der Waals surface area contributed by atoms with Gasteiger partial charge in [-0.05, 0) is 77.9 Å². The molecule has 4 heteroatoms. The predicted molar refractivity (Wildman–Crippen MR) is 93.5 cm³/mol. The van der Waals surface area contributed by atoms with Crippen molar-refractivity contribution in [1.82, 2.24) is 5.32 Å². The lowest BCUT2D eigenvalue weighted by molar-refractivity contribution is 0.581. The average Bonchev–Trinajstić information content (AvgIpc) is 2.38. The second-order valence-corrected chi connectivity index (χ2v) is 6.80. The highest BCUT2D eigenvalue weighted by molar-refractivity contribution is 14.1. The fourth-order valence-corrected chi connectivity index (χ4v) is 3.52. The Morgan fingerprint density at radius 1 is 1.30 bits per heavy atom. The Morgan fingerprint density at radius 2 is 2.05 bits per heavy atom. The molecule has 0 spiro atoms. The molecule has 0 aliphatic heterocycles. The molecule has 2 rings (SSSR count). The first kappa shape index (κ1) is 15.9. The van der Waals surface area contributed by atoms with E-state index in [1.165, 1.54) is 20.8 Å². The molecule has 1 N–H and O–H groups in total. The molecule has 2 aromatic rings. The molecule has 1 atom stereocenters. The first-order chi connectivity index (χ1) is 9.51. The monoisotopic (exact) mass is 447 g/mol. The van der Waals surface area contributed by atoms with Crippen molar-refractivity contribution in [3.8, 4) is 0 Å². The molecule has 1 unspecified atom stereocenters. The number of nitrogens with one attached hydrogen (secondary N) is 1. The van der Waals surface area contributed by atoms with Gasteiger partial charge in [0.05, 0.1) is 0 Å². The topological polar surface area (TPSA) is 12.0 Å². The molecule has 20 heavy (non-hydrogen) atoms. The lowest BCUT2D eigenvalue weighted by Gasteiger charge is -2.19. The summed E-state index contributed by atoms with van der Waals surface area (Å²) in [5.41, 5.74) is 3.51. The molecule has 0 aliphatic rings. The van der Waals surface area contributed by atoms with Crippen LogP contribution in [0, 0.1) is 16.3 Å². The van der Waals surface area contributed by atoms with E-state index in [2.05, 4.69) is 69.0 Å². The van der Waals surface area contributed by atoms with Crippen molar-refractivity contribution in [2.75, 3.05) is 7.05 Å². The highest BCUT2D eigenvalue weighted by atomic mass is 127. The third kappa shape index (κ3) is 3.80. The smallest absolute Gasteiger partial charge is 0.124 e. The van der Waals surface area contributed by atoms with E-state index in [0.29, 0.717) is 0 Å². The Hall–Kier alpha value is -0.460. The molecule has 2 aromatic carbocycles. The van der Waals surface area contributed by atoms with E-state index in [9.17, 15) is 4.39 Å². The summed E-state index contributed by atoms with van der Waals surface area (Å²) in [6.45, 7) is 2.11. The first-order valence-corrected chi connectivity index (χ1v) is 8.25. The van der Waals surface area contributed by atoms with E-state index in [0.717, 1.165) is 16.5 Å². The van der Waals surface area contributed by atoms with E-state index in [-0.39, 0.29) is 11.9 Å². The summed E-state index contributed by atoms with van der Waals surface area (Å²) >= 11 is 5.72. The minimum absolute atomic E-state index is 0.176. The zero-order chi connectivity index (χ0) is 14.7. The van der Waals surface area contributed by atoms with Gasteiger partial charge in [-0.2, -0.15) is 0 Å². The Bertz CT molecular complexity index is 595. The van der Waals surface area contributed by atoms with E-state index < -0.39 is 0 Å². The van der Waals surface area contributed by atoms with Crippen LogP contribution in [0.3, 0.4) is 0 Å². The molecule has 0 aliphatic carbocycles. The Balaban J connectivity index is 2.31. The molecule has 1 nitrogen and oxygen atoms in total. The molecule has 0 saturated carbocycles. The predicted octanol–water partition coefficient (Wildman–Crippen LogP) is 5.00. The minimum atomic E-state index is -0.205. The molecule has 0 fully saturated rings. The van der Waals surface area contributed by atoms with E-state index in [1.807, 2.05) is 13.1 Å². The summed E-state index contributed by atoms with van der Waals surface area (Å²) in [7, 11) is 1.94. The van der Waals surface area contributed by atoms with Gasteiger partial charge in [0.15, 0.2) is 0 Å². The number of aryl methyl sites for hydroxylation is 1. The number of rotatable bonds is 4. The zero-order valence-corrected chi connectivity index (χ0v) is 15.1. The van der Waals surface area contributed by atoms with Gasteiger partial charge in [0, 0.05) is 14.1 Å². The minimum Gasteiger partial charge on any atom is -0.313 e. The van der Waals surface area contributed by atoms with Crippen LogP contribution >= 0.6 is 38.5 Å². The van der Waals surface area contributed by atoms with Gasteiger partial charge >= 0.3 is 0 Å². The Morgan fingerprint density at radius 3 is 2.70 bits per heavy atom. The SMILES string of the molecule is CNC(Cc1cc(F)cc(Br)c1)c1cccc(C)c1I. The normalized spacial score (nSPS) is 12.4. The van der Waals surface area contributed by atoms with E-state index in [1.54, 1.807) is 6.07 Å². The highest BCUT2D eigenvalue weighted by Gasteiger charge is 2.15. The zero-order valence-electron chi connectivity index (χ0n) is 11.4. The molecule has 0 aromatic heterocycles. The fourth-order valence-electron chi connectivity index (χ4n) is 2.27. The maximum atomic E-state index is 13.5. The summed E-state index contributed by atoms with van der Waals surface area (Å²) in [5, 5.41) is 3.33. The molecule has 0 radical (unpaired) electrons. The van der Waals surface area contributed by atoms with Gasteiger partial charge in [-0.15, -0.1) is 0 Å². The molecule has 0 saturated heterocycles. The molecule has 0 amide bonds. The molecular formula is C16H16BrFIN. The molecule has 106 valence electrons. The number of halogens is 3. The molecule has 0 heterocycles. The maximum Gasteiger partial charge on any atom is 0.124 e. The van der Waals surface area contributed by atoms with Gasteiger partial charge in [0.1, 0.15) is 5.82 Å². The van der Waals surface area contributed by atoms with Gasteiger partial charge < -0.3 is 5.32 Å². The second-order valence-electron chi connectivity index (χ2n) is 4.80. The average molecular weight is 448 g/mol. The summed E-state index contributed by atoms with van der Waals surface area (Å²) in [6, 6.07) is 11.5. The lowest BCUT2D eigenvalue weighted by Crippen LogP contribution is -2.20. The van der Waals surface area contributed by atoms with E-state index >= 15 is 0 Å². The van der Waals surface area contributed by atoms with Crippen LogP contribution in [0.25, 0.3) is 0 Å². The third-order valence-corrected chi connectivity index (χ3v) is 5.24. The second kappa shape index (κ2) is 7.00. The van der Waals surface area contributed by atoms with Crippen molar-refractivity contribution in [3.05, 3.63) is 66.9 Å². The quantitative estimate of drug-likeness (QED) is 0.650. The fraction of sp³-hybridized carbons (Fsp3) is 0.250. The van der Waals surface area contributed by atoms with Crippen LogP contribution in [0.1, 0.15) is 22.7 Å². The van der Waals surface area contributed by atoms with Crippen LogP contribution < -0.4 is 5.32 Å². The standard InChI is InChI=1S/C16H16BrFIN/c1-10-4-3-5-14(16(10)19)15(20-2)8-11-6-12(17)9-13(18)7-11/h3-7,9,15,20H,8H2,1-2H3. The number of hydrogen-bond donors (Lipinski definition) is 1. The highest BCUT2D eigenvalue weighted by Crippen LogP contribution is 2.26. The summed E-state index contributed by atoms with van der Waals surface area (Å²) in [4.78, 5) is 0. The van der Waals surface area contributed by atoms with Crippen LogP contribution in [0.15, 0.2) is 40.9 Å². The lowest BCUT2D eigenvalue weighted by atomic mass is 9.97. The van der Waals surface area contributed by atoms with Crippen LogP contribution in [0.2, 0.25) is 0 Å². The van der Waals surface area contributed by atoms with Crippen LogP contribution in [0.5, 0.6) is 0 Å². The van der Waals surface area contributed by atoms with Crippen LogP contribution in [-0.2, 0) is 6.42 Å². The summed E-state index contributed by atoms with van der Waals surface area (Å²) < 4.78 is 15.5. The van der Waals surface area contributed by atoms with Gasteiger partial charge in [-0.1, -0.05) is 34.1 Å². The Labute approximate surface area is 141 Å². The van der Waals surface area contributed by atoms with Gasteiger partial charge in [-0.3, -0.25) is 0 Å². The van der Waals surface area contributed by atoms with Crippen molar-refractivity contribution >= 4 is 38.5 Å². The van der Waals surface area contributed by atoms with Crippen molar-refractivity contribution < 1.29 is 4.39 Å². The number of likely N-dealkylation sites (N-methyl/N-ethyl adjacent to an activating group) is 1. The van der Waals surface area contributed by atoms with Crippen molar-refractivity contribution in [1.29, 1.82) is 0 Å². The largest absolute Gasteiger partial charge is 0.313 e. The van der Waals surface area contributed by atoms with Gasteiger partial charge in [0.2, 0.25) is 0 Å². The van der Waals surface area contributed by atoms with Gasteiger partial charge in [0.25, 0.3) is 0 Å². The Kier molecular flexibility index (Phi) is 5.57. The molecule has 0 bridgehead atoms. The van der Waals surface area contributed by atoms with Gasteiger partial charge in [-0.25, -0.2) is 4.39 Å². The van der Waals surface area contributed by atoms with Crippen LogP contribution in [0.4, 0.5) is 4.39 Å². The maximum absolute atomic E-state index is 13.5. The van der Waals surface area contributed by atoms with Crippen LogP contribution in [-0.4, -0.2) is 7.05 Å². The number of benzene rings is 2. The summed E-state index contributed by atoms with van der Waals surface area (Å²) in [6.07, 6.45) is 0.756. The number of hydrogen-bond acceptors (Lipinski definition) is 1. The van der Waals surface area contributed by atoms with Crippen molar-refractivity contribution in [2.24, 2.45) is 0 Å². The van der Waals surface area contributed by atoms with Crippen molar-refractivity contribution in [2.45, 2.75) is 19.4 Å². The summed E-state index contributed by atoms with van der Waals surface area (Å²) in [5.74, 6) is -0.205. The first-order valence-electron chi connectivity index (χ1n) is 6.38.